The van der Waals surface area contributed by atoms with Gasteiger partial charge in [-0.3, -0.25) is 14.1 Å². The Balaban J connectivity index is 4.11. The SMILES string of the molecule is CCCCCCCC/C=C\CCCCCCCC(=O)OC(CC)(OC(=O)CCCCCCC/C=C\CCCCCCCC)[N+](C)(C)C. The van der Waals surface area contributed by atoms with Gasteiger partial charge in [-0.15, -0.1) is 0 Å². The fraction of sp³-hybridized carbons (Fsp3) is 0.857. The van der Waals surface area contributed by atoms with E-state index in [1.165, 1.54) is 116 Å². The molecular formula is C42H80NO4+. The van der Waals surface area contributed by atoms with Crippen molar-refractivity contribution in [3.05, 3.63) is 24.3 Å². The number of carbonyl (C=O) groups is 2. The van der Waals surface area contributed by atoms with Gasteiger partial charge in [0.05, 0.1) is 27.6 Å². The zero-order valence-corrected chi connectivity index (χ0v) is 32.4. The van der Waals surface area contributed by atoms with Crippen LogP contribution in [0.15, 0.2) is 24.3 Å². The first kappa shape index (κ1) is 45.4. The van der Waals surface area contributed by atoms with E-state index in [4.69, 9.17) is 9.47 Å². The fourth-order valence-electron chi connectivity index (χ4n) is 6.05. The molecule has 0 bridgehead atoms. The molecule has 0 atom stereocenters. The van der Waals surface area contributed by atoms with Crippen LogP contribution < -0.4 is 0 Å². The Bertz CT molecular complexity index is 728. The molecule has 5 heteroatoms. The first-order valence-electron chi connectivity index (χ1n) is 20.3. The second-order valence-corrected chi connectivity index (χ2v) is 14.7. The Morgan fingerprint density at radius 1 is 0.447 bits per heavy atom. The lowest BCUT2D eigenvalue weighted by molar-refractivity contribution is -0.974. The van der Waals surface area contributed by atoms with Crippen LogP contribution in [0.25, 0.3) is 0 Å². The Hall–Kier alpha value is -1.62. The van der Waals surface area contributed by atoms with Gasteiger partial charge in [-0.25, -0.2) is 0 Å². The van der Waals surface area contributed by atoms with E-state index in [0.29, 0.717) is 19.3 Å². The molecule has 276 valence electrons. The smallest absolute Gasteiger partial charge is 0.374 e. The molecule has 0 aromatic heterocycles. The van der Waals surface area contributed by atoms with Crippen LogP contribution in [0.4, 0.5) is 0 Å². The largest absolute Gasteiger partial charge is 0.407 e. The molecule has 47 heavy (non-hydrogen) atoms. The minimum absolute atomic E-state index is 0.236. The van der Waals surface area contributed by atoms with Crippen molar-refractivity contribution in [1.82, 2.24) is 0 Å². The molecule has 0 rings (SSSR count). The van der Waals surface area contributed by atoms with Gasteiger partial charge in [-0.05, 0) is 64.2 Å². The number of carbonyl (C=O) groups excluding carboxylic acids is 2. The molecule has 0 radical (unpaired) electrons. The highest BCUT2D eigenvalue weighted by Crippen LogP contribution is 2.28. The molecule has 0 aliphatic carbocycles. The van der Waals surface area contributed by atoms with Gasteiger partial charge in [0.25, 0.3) is 0 Å². The first-order valence-corrected chi connectivity index (χ1v) is 20.3. The average molecular weight is 663 g/mol. The second-order valence-electron chi connectivity index (χ2n) is 14.7. The maximum absolute atomic E-state index is 12.8. The summed E-state index contributed by atoms with van der Waals surface area (Å²) in [5.41, 5.74) is 0. The maximum Gasteiger partial charge on any atom is 0.407 e. The lowest BCUT2D eigenvalue weighted by Crippen LogP contribution is -2.61. The van der Waals surface area contributed by atoms with Crippen LogP contribution in [0.1, 0.15) is 207 Å². The molecule has 5 nitrogen and oxygen atoms in total. The number of ether oxygens (including phenoxy) is 2. The molecular weight excluding hydrogens is 582 g/mol. The van der Waals surface area contributed by atoms with Crippen molar-refractivity contribution in [3.63, 3.8) is 0 Å². The fourth-order valence-corrected chi connectivity index (χ4v) is 6.05. The Morgan fingerprint density at radius 2 is 0.723 bits per heavy atom. The highest BCUT2D eigenvalue weighted by atomic mass is 16.8. The summed E-state index contributed by atoms with van der Waals surface area (Å²) in [6, 6.07) is 0. The van der Waals surface area contributed by atoms with Crippen molar-refractivity contribution in [2.24, 2.45) is 0 Å². The standard InChI is InChI=1S/C42H80NO4/c1-7-10-12-14-16-18-20-22-24-26-28-30-32-34-36-38-40(44)46-42(9-3,43(4,5)6)47-41(45)39-37-35-33-31-29-27-25-23-21-19-17-15-13-11-8-2/h22-25H,7-21,26-39H2,1-6H3/q+1/b24-22-,25-23-. The third-order valence-corrected chi connectivity index (χ3v) is 9.30. The summed E-state index contributed by atoms with van der Waals surface area (Å²) in [6.45, 7) is 6.46. The van der Waals surface area contributed by atoms with E-state index in [1.54, 1.807) is 0 Å². The van der Waals surface area contributed by atoms with E-state index in [-0.39, 0.29) is 16.4 Å². The van der Waals surface area contributed by atoms with Crippen molar-refractivity contribution in [2.75, 3.05) is 21.1 Å². The molecule has 0 unspecified atom stereocenters. The molecule has 0 aliphatic heterocycles. The van der Waals surface area contributed by atoms with Crippen LogP contribution >= 0.6 is 0 Å². The average Bonchev–Trinajstić information content (AvgIpc) is 3.03. The molecule has 0 N–H and O–H groups in total. The summed E-state index contributed by atoms with van der Waals surface area (Å²) in [5, 5.41) is 0. The molecule has 0 aromatic rings. The quantitative estimate of drug-likeness (QED) is 0.0226. The molecule has 0 saturated carbocycles. The van der Waals surface area contributed by atoms with Crippen molar-refractivity contribution in [1.29, 1.82) is 0 Å². The highest BCUT2D eigenvalue weighted by molar-refractivity contribution is 5.71. The number of esters is 2. The maximum atomic E-state index is 12.8. The number of quaternary nitrogens is 1. The van der Waals surface area contributed by atoms with Gasteiger partial charge >= 0.3 is 17.8 Å². The minimum Gasteiger partial charge on any atom is -0.374 e. The molecule has 0 heterocycles. The van der Waals surface area contributed by atoms with Gasteiger partial charge in [0, 0.05) is 12.8 Å². The predicted octanol–water partition coefficient (Wildman–Crippen LogP) is 12.9. The second kappa shape index (κ2) is 31.6. The van der Waals surface area contributed by atoms with Crippen LogP contribution in [0.3, 0.4) is 0 Å². The summed E-state index contributed by atoms with van der Waals surface area (Å²) in [6.07, 6.45) is 42.4. The van der Waals surface area contributed by atoms with Gasteiger partial charge in [0.1, 0.15) is 0 Å². The molecule has 0 saturated heterocycles. The van der Waals surface area contributed by atoms with Gasteiger partial charge in [0.15, 0.2) is 0 Å². The molecule has 0 spiro atoms. The van der Waals surface area contributed by atoms with Gasteiger partial charge in [-0.1, -0.05) is 148 Å². The van der Waals surface area contributed by atoms with E-state index >= 15 is 0 Å². The Morgan fingerprint density at radius 3 is 1.00 bits per heavy atom. The summed E-state index contributed by atoms with van der Waals surface area (Å²) in [4.78, 5) is 25.7. The predicted molar refractivity (Wildman–Crippen MR) is 202 cm³/mol. The van der Waals surface area contributed by atoms with Crippen LogP contribution in [0.5, 0.6) is 0 Å². The third-order valence-electron chi connectivity index (χ3n) is 9.30. The molecule has 0 amide bonds. The van der Waals surface area contributed by atoms with Crippen LogP contribution in [0.2, 0.25) is 0 Å². The van der Waals surface area contributed by atoms with Crippen molar-refractivity contribution in [2.45, 2.75) is 213 Å². The summed E-state index contributed by atoms with van der Waals surface area (Å²) in [7, 11) is 5.77. The molecule has 0 aromatic carbocycles. The monoisotopic (exact) mass is 663 g/mol. The van der Waals surface area contributed by atoms with E-state index < -0.39 is 5.91 Å². The number of rotatable bonds is 34. The third kappa shape index (κ3) is 27.0. The van der Waals surface area contributed by atoms with Crippen molar-refractivity contribution in [3.8, 4) is 0 Å². The normalized spacial score (nSPS) is 12.4. The Kier molecular flexibility index (Phi) is 30.5. The zero-order valence-electron chi connectivity index (χ0n) is 32.4. The topological polar surface area (TPSA) is 52.6 Å². The van der Waals surface area contributed by atoms with Gasteiger partial charge in [-0.2, -0.15) is 0 Å². The van der Waals surface area contributed by atoms with Gasteiger partial charge in [0.2, 0.25) is 0 Å². The number of allylic oxidation sites excluding steroid dienone is 4. The highest BCUT2D eigenvalue weighted by Gasteiger charge is 2.50. The lowest BCUT2D eigenvalue weighted by Gasteiger charge is -2.42. The summed E-state index contributed by atoms with van der Waals surface area (Å²) in [5.74, 6) is -1.82. The summed E-state index contributed by atoms with van der Waals surface area (Å²) >= 11 is 0. The number of unbranched alkanes of at least 4 members (excludes halogenated alkanes) is 22. The lowest BCUT2D eigenvalue weighted by atomic mass is 10.1. The van der Waals surface area contributed by atoms with E-state index in [1.807, 2.05) is 28.1 Å². The number of hydrogen-bond donors (Lipinski definition) is 0. The van der Waals surface area contributed by atoms with E-state index in [2.05, 4.69) is 38.2 Å². The van der Waals surface area contributed by atoms with Crippen LogP contribution in [0, 0.1) is 0 Å². The molecule has 0 fully saturated rings. The summed E-state index contributed by atoms with van der Waals surface area (Å²) < 4.78 is 12.1. The number of nitrogens with zero attached hydrogens (tertiary/aromatic N) is 1. The minimum atomic E-state index is -1.28. The van der Waals surface area contributed by atoms with E-state index in [9.17, 15) is 9.59 Å². The first-order chi connectivity index (χ1) is 22.7. The Labute approximate surface area is 293 Å². The van der Waals surface area contributed by atoms with Crippen molar-refractivity contribution < 1.29 is 23.5 Å². The zero-order chi connectivity index (χ0) is 34.9. The van der Waals surface area contributed by atoms with Crippen molar-refractivity contribution >= 4 is 11.9 Å². The number of hydrogen-bond acceptors (Lipinski definition) is 4. The van der Waals surface area contributed by atoms with Crippen LogP contribution in [-0.4, -0.2) is 43.5 Å². The van der Waals surface area contributed by atoms with Crippen LogP contribution in [-0.2, 0) is 19.1 Å². The van der Waals surface area contributed by atoms with Gasteiger partial charge < -0.3 is 9.47 Å². The molecule has 0 aliphatic rings. The van der Waals surface area contributed by atoms with E-state index in [0.717, 1.165) is 51.4 Å².